The fourth-order valence-electron chi connectivity index (χ4n) is 1.90. The average molecular weight is 276 g/mol. The van der Waals surface area contributed by atoms with Crippen molar-refractivity contribution in [3.8, 4) is 0 Å². The molecule has 108 valence electrons. The van der Waals surface area contributed by atoms with Crippen LogP contribution >= 0.6 is 0 Å². The molecule has 0 amide bonds. The number of aliphatic hydroxyl groups is 1. The second-order valence-corrected chi connectivity index (χ2v) is 4.59. The normalized spacial score (nSPS) is 13.6. The first-order chi connectivity index (χ1) is 8.81. The van der Waals surface area contributed by atoms with Crippen molar-refractivity contribution in [1.82, 2.24) is 4.57 Å². The Morgan fingerprint density at radius 2 is 2.05 bits per heavy atom. The van der Waals surface area contributed by atoms with Gasteiger partial charge in [0.05, 0.1) is 5.56 Å². The van der Waals surface area contributed by atoms with Crippen LogP contribution in [0.25, 0.3) is 0 Å². The summed E-state index contributed by atoms with van der Waals surface area (Å²) in [6.45, 7) is 3.63. The molecular weight excluding hydrogens is 257 g/mol. The maximum Gasteiger partial charge on any atom is 0.416 e. The summed E-state index contributed by atoms with van der Waals surface area (Å²) < 4.78 is 40.3. The van der Waals surface area contributed by atoms with Gasteiger partial charge in [0.2, 0.25) is 0 Å². The fourth-order valence-corrected chi connectivity index (χ4v) is 1.90. The molecule has 0 radical (unpaired) electrons. The van der Waals surface area contributed by atoms with Crippen molar-refractivity contribution in [3.05, 3.63) is 28.9 Å². The number of alkyl halides is 3. The number of hydrogen-bond acceptors (Lipinski definition) is 2. The molecule has 1 atom stereocenters. The molecule has 1 aromatic heterocycles. The first kappa shape index (κ1) is 15.8. The summed E-state index contributed by atoms with van der Waals surface area (Å²) in [5.41, 5.74) is -0.780. The molecule has 19 heavy (non-hydrogen) atoms. The maximum absolute atomic E-state index is 12.9. The molecule has 0 aliphatic rings. The van der Waals surface area contributed by atoms with E-state index >= 15 is 0 Å². The van der Waals surface area contributed by atoms with Crippen LogP contribution in [0.5, 0.6) is 0 Å². The van der Waals surface area contributed by atoms with Gasteiger partial charge in [-0.25, -0.2) is 0 Å². The van der Waals surface area contributed by atoms with Crippen LogP contribution < -0.4 is 5.49 Å². The molecule has 1 heterocycles. The lowest BCUT2D eigenvalue weighted by Gasteiger charge is -2.19. The highest BCUT2D eigenvalue weighted by Gasteiger charge is 2.33. The first-order valence-corrected chi connectivity index (χ1v) is 6.29. The van der Waals surface area contributed by atoms with E-state index in [4.69, 9.17) is 10.5 Å². The largest absolute Gasteiger partial charge is 0.416 e. The quantitative estimate of drug-likeness (QED) is 0.853. The number of aliphatic hydroxyl groups excluding tert-OH is 1. The topological polar surface area (TPSA) is 49.0 Å². The van der Waals surface area contributed by atoms with Crippen molar-refractivity contribution in [2.45, 2.75) is 45.3 Å². The van der Waals surface area contributed by atoms with Gasteiger partial charge in [-0.05, 0) is 37.8 Å². The third-order valence-electron chi connectivity index (χ3n) is 3.18. The molecule has 0 bridgehead atoms. The van der Waals surface area contributed by atoms with E-state index in [1.54, 1.807) is 4.57 Å². The highest BCUT2D eigenvalue weighted by Crippen LogP contribution is 2.31. The highest BCUT2D eigenvalue weighted by molar-refractivity contribution is 5.27. The monoisotopic (exact) mass is 276 g/mol. The zero-order valence-electron chi connectivity index (χ0n) is 11.1. The zero-order chi connectivity index (χ0) is 14.6. The van der Waals surface area contributed by atoms with Gasteiger partial charge < -0.3 is 9.67 Å². The van der Waals surface area contributed by atoms with Gasteiger partial charge in [-0.3, -0.25) is 5.41 Å². The van der Waals surface area contributed by atoms with Crippen LogP contribution in [-0.4, -0.2) is 16.3 Å². The van der Waals surface area contributed by atoms with E-state index in [0.29, 0.717) is 0 Å². The molecule has 0 aliphatic heterocycles. The number of nitrogens with zero attached hydrogens (tertiary/aromatic N) is 1. The number of rotatable bonds is 5. The second-order valence-electron chi connectivity index (χ2n) is 4.59. The van der Waals surface area contributed by atoms with Crippen molar-refractivity contribution in [3.63, 3.8) is 0 Å². The summed E-state index contributed by atoms with van der Waals surface area (Å²) >= 11 is 0. The summed E-state index contributed by atoms with van der Waals surface area (Å²) in [6, 6.07) is 0.849. The predicted molar refractivity (Wildman–Crippen MR) is 65.7 cm³/mol. The van der Waals surface area contributed by atoms with E-state index in [2.05, 4.69) is 0 Å². The molecular formula is C13H19F3N2O. The minimum atomic E-state index is -4.46. The molecule has 0 aliphatic carbocycles. The van der Waals surface area contributed by atoms with Gasteiger partial charge in [0.15, 0.2) is 0 Å². The number of aryl methyl sites for hydroxylation is 1. The number of aromatic nitrogens is 1. The number of halogens is 3. The summed E-state index contributed by atoms with van der Waals surface area (Å²) in [6.07, 6.45) is -1.89. The first-order valence-electron chi connectivity index (χ1n) is 6.29. The Balaban J connectivity index is 3.33. The third kappa shape index (κ3) is 3.83. The van der Waals surface area contributed by atoms with Gasteiger partial charge in [-0.15, -0.1) is 0 Å². The highest BCUT2D eigenvalue weighted by atomic mass is 19.4. The molecule has 0 fully saturated rings. The van der Waals surface area contributed by atoms with Crippen LogP contribution in [0.15, 0.2) is 12.3 Å². The van der Waals surface area contributed by atoms with E-state index in [1.165, 1.54) is 6.20 Å². The average Bonchev–Trinajstić information content (AvgIpc) is 2.34. The molecule has 0 spiro atoms. The van der Waals surface area contributed by atoms with E-state index in [0.717, 1.165) is 12.5 Å². The Morgan fingerprint density at radius 3 is 2.53 bits per heavy atom. The Morgan fingerprint density at radius 1 is 1.42 bits per heavy atom. The van der Waals surface area contributed by atoms with Gasteiger partial charge in [0, 0.05) is 18.8 Å². The van der Waals surface area contributed by atoms with Crippen LogP contribution in [0.4, 0.5) is 13.2 Å². The van der Waals surface area contributed by atoms with Gasteiger partial charge in [-0.1, -0.05) is 6.92 Å². The van der Waals surface area contributed by atoms with Crippen molar-refractivity contribution in [1.29, 1.82) is 5.41 Å². The Bertz CT molecular complexity index is 480. The summed E-state index contributed by atoms with van der Waals surface area (Å²) in [5.74, 6) is 0. The molecule has 6 heteroatoms. The lowest BCUT2D eigenvalue weighted by molar-refractivity contribution is -0.138. The maximum atomic E-state index is 12.9. The zero-order valence-corrected chi connectivity index (χ0v) is 11.1. The van der Waals surface area contributed by atoms with Crippen molar-refractivity contribution >= 4 is 0 Å². The van der Waals surface area contributed by atoms with Crippen molar-refractivity contribution < 1.29 is 18.3 Å². The summed E-state index contributed by atoms with van der Waals surface area (Å²) in [4.78, 5) is 0. The lowest BCUT2D eigenvalue weighted by Crippen LogP contribution is -2.26. The molecule has 3 nitrogen and oxygen atoms in total. The van der Waals surface area contributed by atoms with E-state index in [-0.39, 0.29) is 36.5 Å². The van der Waals surface area contributed by atoms with Crippen LogP contribution in [0, 0.1) is 5.41 Å². The Labute approximate surface area is 110 Å². The minimum absolute atomic E-state index is 0.0253. The summed E-state index contributed by atoms with van der Waals surface area (Å²) in [7, 11) is 0. The smallest absolute Gasteiger partial charge is 0.396 e. The van der Waals surface area contributed by atoms with Gasteiger partial charge in [0.1, 0.15) is 5.49 Å². The minimum Gasteiger partial charge on any atom is -0.396 e. The van der Waals surface area contributed by atoms with Crippen LogP contribution in [0.2, 0.25) is 0 Å². The summed E-state index contributed by atoms with van der Waals surface area (Å²) in [5, 5.41) is 16.5. The van der Waals surface area contributed by atoms with E-state index < -0.39 is 11.7 Å². The van der Waals surface area contributed by atoms with Crippen LogP contribution in [0.3, 0.4) is 0 Å². The third-order valence-corrected chi connectivity index (χ3v) is 3.18. The van der Waals surface area contributed by atoms with Crippen LogP contribution in [0.1, 0.15) is 43.9 Å². The van der Waals surface area contributed by atoms with Gasteiger partial charge in [-0.2, -0.15) is 13.2 Å². The van der Waals surface area contributed by atoms with Gasteiger partial charge >= 0.3 is 6.18 Å². The van der Waals surface area contributed by atoms with Gasteiger partial charge in [0.25, 0.3) is 0 Å². The van der Waals surface area contributed by atoms with E-state index in [9.17, 15) is 13.2 Å². The molecule has 2 N–H and O–H groups in total. The SMILES string of the molecule is CCC(C)n1cc(CCCO)c(C(F)(F)F)cc1=N. The standard InChI is InChI=1S/C13H19F3N2O/c1-3-9(2)18-8-10(5-4-6-19)11(7-12(18)17)13(14,15)16/h7-9,17,19H,3-6H2,1-2H3. The van der Waals surface area contributed by atoms with Crippen molar-refractivity contribution in [2.24, 2.45) is 0 Å². The predicted octanol–water partition coefficient (Wildman–Crippen LogP) is 2.88. The molecule has 0 aromatic carbocycles. The fraction of sp³-hybridized carbons (Fsp3) is 0.615. The molecule has 0 saturated heterocycles. The second kappa shape index (κ2) is 6.23. The number of hydrogen-bond donors (Lipinski definition) is 2. The number of nitrogens with one attached hydrogen (secondary N) is 1. The molecule has 1 unspecified atom stereocenters. The van der Waals surface area contributed by atoms with Crippen LogP contribution in [-0.2, 0) is 12.6 Å². The lowest BCUT2D eigenvalue weighted by atomic mass is 10.0. The molecule has 1 rings (SSSR count). The Hall–Kier alpha value is -1.30. The van der Waals surface area contributed by atoms with E-state index in [1.807, 2.05) is 13.8 Å². The number of pyridine rings is 1. The molecule has 1 aromatic rings. The van der Waals surface area contributed by atoms with Crippen molar-refractivity contribution in [2.75, 3.05) is 6.61 Å². The molecule has 0 saturated carbocycles. The Kier molecular flexibility index (Phi) is 5.17.